The summed E-state index contributed by atoms with van der Waals surface area (Å²) in [6, 6.07) is 15.9. The highest BCUT2D eigenvalue weighted by Crippen LogP contribution is 2.33. The average Bonchev–Trinajstić information content (AvgIpc) is 2.86. The normalized spacial score (nSPS) is 21.3. The molecule has 2 amide bonds. The van der Waals surface area contributed by atoms with Crippen LogP contribution in [0.3, 0.4) is 0 Å². The van der Waals surface area contributed by atoms with Crippen molar-refractivity contribution in [3.8, 4) is 0 Å². The number of hydrogen-bond acceptors (Lipinski definition) is 4. The zero-order valence-corrected chi connectivity index (χ0v) is 21.9. The van der Waals surface area contributed by atoms with Gasteiger partial charge >= 0.3 is 6.03 Å². The standard InChI is InChI=1S/C26H34Cl2N4OS/c27-23-7-4-8-24(25(23)28)31-17-15-30(16-18-31)14-13-20-9-11-22(12-10-20)29-26(33)32(34)19-21-5-2-1-3-6-21/h1-8,20,22,34H,9-19H2,(H,29,33). The molecule has 34 heavy (non-hydrogen) atoms. The molecule has 1 heterocycles. The second kappa shape index (κ2) is 12.4. The molecule has 184 valence electrons. The lowest BCUT2D eigenvalue weighted by Crippen LogP contribution is -2.47. The minimum absolute atomic E-state index is 0.103. The smallest absolute Gasteiger partial charge is 0.327 e. The van der Waals surface area contributed by atoms with Crippen molar-refractivity contribution in [2.75, 3.05) is 37.6 Å². The zero-order valence-electron chi connectivity index (χ0n) is 19.5. The summed E-state index contributed by atoms with van der Waals surface area (Å²) in [6.07, 6.45) is 5.67. The SMILES string of the molecule is O=C(NC1CCC(CCN2CCN(c3cccc(Cl)c3Cl)CC2)CC1)N(S)Cc1ccccc1. The van der Waals surface area contributed by atoms with Gasteiger partial charge < -0.3 is 10.2 Å². The Morgan fingerprint density at radius 1 is 0.971 bits per heavy atom. The molecule has 1 N–H and O–H groups in total. The van der Waals surface area contributed by atoms with Gasteiger partial charge in [-0.2, -0.15) is 0 Å². The van der Waals surface area contributed by atoms with E-state index >= 15 is 0 Å². The fourth-order valence-corrected chi connectivity index (χ4v) is 5.62. The van der Waals surface area contributed by atoms with Crippen LogP contribution in [-0.2, 0) is 6.54 Å². The minimum atomic E-state index is -0.103. The Balaban J connectivity index is 1.13. The summed E-state index contributed by atoms with van der Waals surface area (Å²) in [5, 5.41) is 4.44. The van der Waals surface area contributed by atoms with Gasteiger partial charge in [0, 0.05) is 32.2 Å². The van der Waals surface area contributed by atoms with Crippen molar-refractivity contribution in [1.82, 2.24) is 14.5 Å². The maximum absolute atomic E-state index is 12.5. The third-order valence-electron chi connectivity index (χ3n) is 7.08. The number of thiol groups is 1. The van der Waals surface area contributed by atoms with Gasteiger partial charge in [0.05, 0.1) is 22.3 Å². The van der Waals surface area contributed by atoms with Crippen LogP contribution in [0.15, 0.2) is 48.5 Å². The molecule has 0 aromatic heterocycles. The number of amides is 2. The van der Waals surface area contributed by atoms with Crippen molar-refractivity contribution in [2.45, 2.75) is 44.7 Å². The fraction of sp³-hybridized carbons (Fsp3) is 0.500. The Hall–Kier alpha value is -1.60. The van der Waals surface area contributed by atoms with E-state index in [1.165, 1.54) is 23.6 Å². The van der Waals surface area contributed by atoms with Crippen LogP contribution in [0.4, 0.5) is 10.5 Å². The third kappa shape index (κ3) is 6.97. The molecule has 0 atom stereocenters. The molecule has 0 spiro atoms. The lowest BCUT2D eigenvalue weighted by atomic mass is 9.84. The zero-order chi connectivity index (χ0) is 23.9. The summed E-state index contributed by atoms with van der Waals surface area (Å²) < 4.78 is 1.47. The number of piperazine rings is 1. The van der Waals surface area contributed by atoms with Crippen LogP contribution in [0.1, 0.15) is 37.7 Å². The first kappa shape index (κ1) is 25.5. The predicted molar refractivity (Wildman–Crippen MR) is 145 cm³/mol. The first-order valence-corrected chi connectivity index (χ1v) is 13.4. The highest BCUT2D eigenvalue weighted by atomic mass is 35.5. The minimum Gasteiger partial charge on any atom is -0.368 e. The summed E-state index contributed by atoms with van der Waals surface area (Å²) in [6.45, 7) is 5.69. The molecule has 1 aliphatic carbocycles. The number of nitrogens with one attached hydrogen (secondary N) is 1. The monoisotopic (exact) mass is 520 g/mol. The van der Waals surface area contributed by atoms with Gasteiger partial charge in [-0.15, -0.1) is 0 Å². The van der Waals surface area contributed by atoms with Gasteiger partial charge in [-0.3, -0.25) is 9.21 Å². The molecule has 0 radical (unpaired) electrons. The number of urea groups is 1. The fourth-order valence-electron chi connectivity index (χ4n) is 4.99. The maximum Gasteiger partial charge on any atom is 0.327 e. The first-order valence-electron chi connectivity index (χ1n) is 12.2. The second-order valence-electron chi connectivity index (χ2n) is 9.40. The molecule has 1 aliphatic heterocycles. The van der Waals surface area contributed by atoms with Crippen LogP contribution in [0.2, 0.25) is 10.0 Å². The Kier molecular flexibility index (Phi) is 9.29. The van der Waals surface area contributed by atoms with Gasteiger partial charge in [0.15, 0.2) is 0 Å². The van der Waals surface area contributed by atoms with Gasteiger partial charge in [-0.25, -0.2) is 4.79 Å². The number of carbonyl (C=O) groups is 1. The van der Waals surface area contributed by atoms with Crippen molar-refractivity contribution in [1.29, 1.82) is 0 Å². The van der Waals surface area contributed by atoms with Gasteiger partial charge in [0.2, 0.25) is 0 Å². The van der Waals surface area contributed by atoms with Crippen molar-refractivity contribution in [3.05, 3.63) is 64.1 Å². The summed E-state index contributed by atoms with van der Waals surface area (Å²) in [7, 11) is 0. The summed E-state index contributed by atoms with van der Waals surface area (Å²) in [4.78, 5) is 17.4. The van der Waals surface area contributed by atoms with E-state index in [1.807, 2.05) is 42.5 Å². The van der Waals surface area contributed by atoms with Crippen molar-refractivity contribution < 1.29 is 4.79 Å². The Bertz CT molecular complexity index is 932. The summed E-state index contributed by atoms with van der Waals surface area (Å²) >= 11 is 17.0. The van der Waals surface area contributed by atoms with E-state index in [1.54, 1.807) is 0 Å². The number of benzene rings is 2. The Morgan fingerprint density at radius 3 is 2.38 bits per heavy atom. The lowest BCUT2D eigenvalue weighted by Gasteiger charge is -2.37. The summed E-state index contributed by atoms with van der Waals surface area (Å²) in [5.41, 5.74) is 2.12. The molecule has 2 aliphatic rings. The number of nitrogens with zero attached hydrogens (tertiary/aromatic N) is 3. The van der Waals surface area contributed by atoms with E-state index in [4.69, 9.17) is 23.2 Å². The van der Waals surface area contributed by atoms with Gasteiger partial charge in [0.25, 0.3) is 0 Å². The Labute approximate surface area is 218 Å². The van der Waals surface area contributed by atoms with Crippen LogP contribution in [0.5, 0.6) is 0 Å². The highest BCUT2D eigenvalue weighted by molar-refractivity contribution is 7.78. The highest BCUT2D eigenvalue weighted by Gasteiger charge is 2.25. The molecule has 4 rings (SSSR count). The number of anilines is 1. The van der Waals surface area contributed by atoms with E-state index in [0.717, 1.165) is 62.7 Å². The molecule has 5 nitrogen and oxygen atoms in total. The molecule has 8 heteroatoms. The number of carbonyl (C=O) groups excluding carboxylic acids is 1. The maximum atomic E-state index is 12.5. The molecule has 1 saturated heterocycles. The molecule has 0 bridgehead atoms. The number of halogens is 2. The molecule has 2 aromatic carbocycles. The van der Waals surface area contributed by atoms with Gasteiger partial charge in [0.1, 0.15) is 0 Å². The average molecular weight is 522 g/mol. The van der Waals surface area contributed by atoms with Gasteiger partial charge in [-0.05, 0) is 62.3 Å². The largest absolute Gasteiger partial charge is 0.368 e. The van der Waals surface area contributed by atoms with E-state index in [2.05, 4.69) is 34.0 Å². The molecule has 1 saturated carbocycles. The van der Waals surface area contributed by atoms with Crippen LogP contribution in [0, 0.1) is 5.92 Å². The topological polar surface area (TPSA) is 38.8 Å². The Morgan fingerprint density at radius 2 is 1.68 bits per heavy atom. The van der Waals surface area contributed by atoms with Crippen molar-refractivity contribution >= 4 is 47.7 Å². The predicted octanol–water partition coefficient (Wildman–Crippen LogP) is 6.12. The second-order valence-corrected chi connectivity index (χ2v) is 10.7. The molecule has 2 fully saturated rings. The van der Waals surface area contributed by atoms with Crippen molar-refractivity contribution in [3.63, 3.8) is 0 Å². The van der Waals surface area contributed by atoms with Crippen LogP contribution in [-0.4, -0.2) is 54.0 Å². The van der Waals surface area contributed by atoms with Crippen LogP contribution >= 0.6 is 36.0 Å². The van der Waals surface area contributed by atoms with E-state index < -0.39 is 0 Å². The molecular weight excluding hydrogens is 487 g/mol. The van der Waals surface area contributed by atoms with E-state index in [9.17, 15) is 4.79 Å². The number of hydrogen-bond donors (Lipinski definition) is 2. The van der Waals surface area contributed by atoms with Crippen molar-refractivity contribution in [2.24, 2.45) is 5.92 Å². The van der Waals surface area contributed by atoms with E-state index in [-0.39, 0.29) is 12.1 Å². The molecule has 2 aromatic rings. The van der Waals surface area contributed by atoms with E-state index in [0.29, 0.717) is 16.6 Å². The number of rotatable bonds is 7. The quantitative estimate of drug-likeness (QED) is 0.431. The van der Waals surface area contributed by atoms with Crippen LogP contribution < -0.4 is 10.2 Å². The first-order chi connectivity index (χ1) is 16.5. The van der Waals surface area contributed by atoms with Gasteiger partial charge in [-0.1, -0.05) is 72.4 Å². The third-order valence-corrected chi connectivity index (χ3v) is 8.21. The summed E-state index contributed by atoms with van der Waals surface area (Å²) in [5.74, 6) is 0.741. The molecule has 0 unspecified atom stereocenters. The van der Waals surface area contributed by atoms with Crippen LogP contribution in [0.25, 0.3) is 0 Å². The molecular formula is C26H34Cl2N4OS. The lowest BCUT2D eigenvalue weighted by molar-refractivity contribution is 0.199.